The summed E-state index contributed by atoms with van der Waals surface area (Å²) >= 11 is 0. The lowest BCUT2D eigenvalue weighted by atomic mass is 9.89. The molecule has 0 bridgehead atoms. The van der Waals surface area contributed by atoms with E-state index in [4.69, 9.17) is 16.4 Å². The highest BCUT2D eigenvalue weighted by Crippen LogP contribution is 2.23. The van der Waals surface area contributed by atoms with Gasteiger partial charge in [0, 0.05) is 16.4 Å². The summed E-state index contributed by atoms with van der Waals surface area (Å²) in [7, 11) is 0. The van der Waals surface area contributed by atoms with Gasteiger partial charge in [0.2, 0.25) is 0 Å². The topological polar surface area (TPSA) is 0 Å². The first-order valence-electron chi connectivity index (χ1n) is 15.2. The second-order valence-corrected chi connectivity index (χ2v) is 7.41. The largest absolute Gasteiger partial charge is 0.0602 e. The first-order chi connectivity index (χ1) is 15.2. The van der Waals surface area contributed by atoms with Crippen LogP contribution in [0.3, 0.4) is 0 Å². The molecule has 0 aromatic rings. The monoisotopic (exact) mass is 322 g/mol. The number of rotatable bonds is 13. The summed E-state index contributed by atoms with van der Waals surface area (Å²) in [6, 6.07) is 0. The van der Waals surface area contributed by atoms with Crippen LogP contribution in [0.4, 0.5) is 0 Å². The molecular formula is C22H46. The van der Waals surface area contributed by atoms with E-state index in [1.807, 2.05) is 0 Å². The zero-order chi connectivity index (χ0) is 26.9. The van der Waals surface area contributed by atoms with Crippen LogP contribution < -0.4 is 0 Å². The molecule has 0 heteroatoms. The van der Waals surface area contributed by atoms with E-state index >= 15 is 0 Å². The van der Waals surface area contributed by atoms with Gasteiger partial charge in [-0.05, 0) is 23.7 Å². The van der Waals surface area contributed by atoms with Crippen LogP contribution in [0.1, 0.15) is 148 Å². The maximum atomic E-state index is 7.61. The fraction of sp³-hybridized carbons (Fsp3) is 1.00. The van der Waals surface area contributed by atoms with E-state index < -0.39 is 38.2 Å². The summed E-state index contributed by atoms with van der Waals surface area (Å²) in [4.78, 5) is 0. The molecule has 22 heavy (non-hydrogen) atoms. The van der Waals surface area contributed by atoms with Crippen molar-refractivity contribution in [2.75, 3.05) is 0 Å². The first-order valence-corrected chi connectivity index (χ1v) is 9.21. The zero-order valence-electron chi connectivity index (χ0n) is 26.9. The smallest absolute Gasteiger partial charge is 0.0236 e. The fourth-order valence-corrected chi connectivity index (χ4v) is 2.72. The lowest BCUT2D eigenvalue weighted by Gasteiger charge is -2.17. The van der Waals surface area contributed by atoms with Crippen molar-refractivity contribution in [2.45, 2.75) is 131 Å². The third-order valence-corrected chi connectivity index (χ3v) is 4.10. The molecule has 0 nitrogen and oxygen atoms in total. The molecule has 0 aliphatic carbocycles. The minimum absolute atomic E-state index is 0.178. The predicted octanol–water partition coefficient (Wildman–Crippen LogP) is 8.54. The highest BCUT2D eigenvalue weighted by atomic mass is 14.1. The zero-order valence-corrected chi connectivity index (χ0v) is 14.9. The number of hydrogen-bond acceptors (Lipinski definition) is 0. The molecule has 0 unspecified atom stereocenters. The van der Waals surface area contributed by atoms with Crippen molar-refractivity contribution < 1.29 is 16.4 Å². The molecule has 0 aliphatic heterocycles. The highest BCUT2D eigenvalue weighted by molar-refractivity contribution is 4.62. The molecule has 0 amide bonds. The van der Waals surface area contributed by atoms with E-state index in [0.717, 1.165) is 64.2 Å². The van der Waals surface area contributed by atoms with Gasteiger partial charge in [-0.1, -0.05) is 118 Å². The Morgan fingerprint density at radius 2 is 0.682 bits per heavy atom. The lowest BCUT2D eigenvalue weighted by Crippen LogP contribution is -2.03. The molecule has 134 valence electrons. The van der Waals surface area contributed by atoms with Gasteiger partial charge in [0.15, 0.2) is 0 Å². The van der Waals surface area contributed by atoms with Gasteiger partial charge in [-0.2, -0.15) is 0 Å². The molecule has 0 aromatic heterocycles. The van der Waals surface area contributed by atoms with E-state index in [9.17, 15) is 0 Å². The Kier molecular flexibility index (Phi) is 5.03. The fourth-order valence-electron chi connectivity index (χ4n) is 2.72. The first kappa shape index (κ1) is 8.91. The second kappa shape index (κ2) is 12.4. The molecule has 0 saturated heterocycles. The number of unbranched alkanes of at least 4 members (excludes halogenated alkanes) is 11. The summed E-state index contributed by atoms with van der Waals surface area (Å²) in [6.07, 6.45) is 11.8. The molecule has 0 saturated carbocycles. The van der Waals surface area contributed by atoms with Crippen LogP contribution >= 0.6 is 0 Å². The third-order valence-electron chi connectivity index (χ3n) is 4.10. The van der Waals surface area contributed by atoms with Gasteiger partial charge in [0.05, 0.1) is 0 Å². The Hall–Kier alpha value is 0. The summed E-state index contributed by atoms with van der Waals surface area (Å²) in [5.74, 6) is 0. The van der Waals surface area contributed by atoms with Crippen molar-refractivity contribution >= 4 is 0 Å². The Morgan fingerprint density at radius 3 is 0.909 bits per heavy atom. The van der Waals surface area contributed by atoms with Crippen molar-refractivity contribution in [2.24, 2.45) is 10.8 Å². The number of hydrogen-bond donors (Lipinski definition) is 0. The van der Waals surface area contributed by atoms with Crippen LogP contribution in [0.2, 0.25) is 0 Å². The van der Waals surface area contributed by atoms with Crippen LogP contribution in [0.5, 0.6) is 0 Å². The minimum atomic E-state index is -2.50. The van der Waals surface area contributed by atoms with Crippen LogP contribution in [-0.4, -0.2) is 0 Å². The third kappa shape index (κ3) is 20.0. The summed E-state index contributed by atoms with van der Waals surface area (Å²) < 4.78 is 91.3. The maximum absolute atomic E-state index is 7.61. The molecule has 0 rings (SSSR count). The van der Waals surface area contributed by atoms with Crippen molar-refractivity contribution in [3.8, 4) is 0 Å². The Balaban J connectivity index is 3.88. The molecular weight excluding hydrogens is 264 g/mol. The molecule has 0 N–H and O–H groups in total. The second-order valence-electron chi connectivity index (χ2n) is 7.41. The highest BCUT2D eigenvalue weighted by Gasteiger charge is 2.09. The molecule has 0 aromatic carbocycles. The van der Waals surface area contributed by atoms with Crippen molar-refractivity contribution in [1.82, 2.24) is 0 Å². The molecule has 0 radical (unpaired) electrons. The minimum Gasteiger partial charge on any atom is -0.0602 e. The van der Waals surface area contributed by atoms with Crippen LogP contribution in [0.15, 0.2) is 0 Å². The Morgan fingerprint density at radius 1 is 0.455 bits per heavy atom. The maximum Gasteiger partial charge on any atom is 0.0236 e. The predicted molar refractivity (Wildman–Crippen MR) is 104 cm³/mol. The molecule has 0 atom stereocenters. The van der Waals surface area contributed by atoms with Crippen molar-refractivity contribution in [1.29, 1.82) is 0 Å². The molecule has 0 fully saturated rings. The van der Waals surface area contributed by atoms with Crippen LogP contribution in [0.25, 0.3) is 0 Å². The van der Waals surface area contributed by atoms with E-state index in [1.165, 1.54) is 13.8 Å². The van der Waals surface area contributed by atoms with Gasteiger partial charge >= 0.3 is 0 Å². The molecule has 0 aliphatic rings. The SMILES string of the molecule is [2H]C([2H])([2H])C(C)(CCCCCCCCCCCCCCC(C)(C([2H])([2H])[2H])C([2H])([2H])[2H])C([2H])([2H])[2H]. The van der Waals surface area contributed by atoms with E-state index in [1.54, 1.807) is 0 Å². The van der Waals surface area contributed by atoms with Crippen LogP contribution in [-0.2, 0) is 0 Å². The normalized spacial score (nSPS) is 23.2. The average Bonchev–Trinajstić information content (AvgIpc) is 2.64. The van der Waals surface area contributed by atoms with E-state index in [-0.39, 0.29) is 12.8 Å². The van der Waals surface area contributed by atoms with Gasteiger partial charge in [-0.15, -0.1) is 0 Å². The van der Waals surface area contributed by atoms with E-state index in [2.05, 4.69) is 0 Å². The summed E-state index contributed by atoms with van der Waals surface area (Å²) in [6.45, 7) is -7.28. The van der Waals surface area contributed by atoms with E-state index in [0.29, 0.717) is 12.8 Å². The van der Waals surface area contributed by atoms with Gasteiger partial charge in [-0.25, -0.2) is 0 Å². The average molecular weight is 323 g/mol. The van der Waals surface area contributed by atoms with Gasteiger partial charge in [0.1, 0.15) is 0 Å². The molecule has 0 spiro atoms. The van der Waals surface area contributed by atoms with Crippen molar-refractivity contribution in [3.63, 3.8) is 0 Å². The van der Waals surface area contributed by atoms with Gasteiger partial charge in [-0.3, -0.25) is 0 Å². The summed E-state index contributed by atoms with van der Waals surface area (Å²) in [5, 5.41) is 0. The van der Waals surface area contributed by atoms with Gasteiger partial charge in [0.25, 0.3) is 0 Å². The quantitative estimate of drug-likeness (QED) is 0.298. The lowest BCUT2D eigenvalue weighted by molar-refractivity contribution is 0.355. The van der Waals surface area contributed by atoms with Crippen LogP contribution in [0, 0.1) is 10.8 Å². The Bertz CT molecular complexity index is 476. The molecule has 0 heterocycles. The summed E-state index contributed by atoms with van der Waals surface area (Å²) in [5.41, 5.74) is -3.31. The standard InChI is InChI=1S/C22H46/c1-21(2,3)19-17-15-13-11-9-7-8-10-12-14-16-18-20-22(4,5)6/h7-20H2,1-6H3/i1D3,2D3,4D3,5D3. The Labute approximate surface area is 159 Å². The van der Waals surface area contributed by atoms with Gasteiger partial charge < -0.3 is 0 Å². The van der Waals surface area contributed by atoms with Crippen molar-refractivity contribution in [3.05, 3.63) is 0 Å².